The molecule has 0 fully saturated rings. The number of methoxy groups -OCH3 is 1. The second kappa shape index (κ2) is 9.23. The third kappa shape index (κ3) is 5.13. The van der Waals surface area contributed by atoms with E-state index >= 15 is 0 Å². The molecule has 7 nitrogen and oxygen atoms in total. The summed E-state index contributed by atoms with van der Waals surface area (Å²) in [5, 5.41) is 4.01. The highest BCUT2D eigenvalue weighted by Crippen LogP contribution is 2.22. The molecule has 1 amide bonds. The maximum atomic E-state index is 12.8. The van der Waals surface area contributed by atoms with Crippen molar-refractivity contribution in [3.63, 3.8) is 0 Å². The number of nitrogens with zero attached hydrogens (tertiary/aromatic N) is 3. The summed E-state index contributed by atoms with van der Waals surface area (Å²) in [5.41, 5.74) is 2.02. The van der Waals surface area contributed by atoms with Crippen molar-refractivity contribution in [2.75, 3.05) is 14.2 Å². The van der Waals surface area contributed by atoms with Gasteiger partial charge in [-0.3, -0.25) is 4.79 Å². The van der Waals surface area contributed by atoms with Crippen LogP contribution in [0.2, 0.25) is 0 Å². The van der Waals surface area contributed by atoms with Crippen molar-refractivity contribution in [3.05, 3.63) is 60.0 Å². The number of carbonyl (C=O) groups excluding carboxylic acids is 1. The van der Waals surface area contributed by atoms with Crippen LogP contribution in [0.25, 0.3) is 11.4 Å². The van der Waals surface area contributed by atoms with Crippen molar-refractivity contribution >= 4 is 5.91 Å². The molecule has 152 valence electrons. The molecule has 1 heterocycles. The minimum atomic E-state index is -0.619. The van der Waals surface area contributed by atoms with E-state index in [1.807, 2.05) is 50.2 Å². The van der Waals surface area contributed by atoms with Crippen LogP contribution in [-0.4, -0.2) is 41.2 Å². The first-order chi connectivity index (χ1) is 14.0. The highest BCUT2D eigenvalue weighted by atomic mass is 16.5. The number of amides is 1. The fourth-order valence-corrected chi connectivity index (χ4v) is 2.81. The number of rotatable bonds is 8. The van der Waals surface area contributed by atoms with E-state index in [9.17, 15) is 4.79 Å². The summed E-state index contributed by atoms with van der Waals surface area (Å²) in [6.45, 7) is 4.12. The van der Waals surface area contributed by atoms with Crippen molar-refractivity contribution < 1.29 is 18.8 Å². The third-order valence-corrected chi connectivity index (χ3v) is 4.49. The van der Waals surface area contributed by atoms with E-state index < -0.39 is 6.10 Å². The summed E-state index contributed by atoms with van der Waals surface area (Å²) in [7, 11) is 3.28. The minimum Gasteiger partial charge on any atom is -0.497 e. The Labute approximate surface area is 170 Å². The first-order valence-corrected chi connectivity index (χ1v) is 9.45. The van der Waals surface area contributed by atoms with Gasteiger partial charge in [-0.1, -0.05) is 48.0 Å². The molecule has 1 aromatic heterocycles. The summed E-state index contributed by atoms with van der Waals surface area (Å²) in [4.78, 5) is 18.8. The minimum absolute atomic E-state index is 0.162. The molecule has 0 aliphatic heterocycles. The van der Waals surface area contributed by atoms with Crippen LogP contribution >= 0.6 is 0 Å². The van der Waals surface area contributed by atoms with Crippen molar-refractivity contribution in [2.24, 2.45) is 0 Å². The lowest BCUT2D eigenvalue weighted by atomic mass is 10.1. The maximum absolute atomic E-state index is 12.8. The quantitative estimate of drug-likeness (QED) is 0.576. The fourth-order valence-electron chi connectivity index (χ4n) is 2.81. The second-order valence-corrected chi connectivity index (χ2v) is 6.77. The number of aryl methyl sites for hydroxylation is 1. The molecule has 1 atom stereocenters. The van der Waals surface area contributed by atoms with Gasteiger partial charge in [0.2, 0.25) is 11.7 Å². The molecule has 2 aromatic carbocycles. The first kappa shape index (κ1) is 20.4. The molecule has 0 saturated carbocycles. The van der Waals surface area contributed by atoms with Gasteiger partial charge in [0.1, 0.15) is 11.5 Å². The summed E-state index contributed by atoms with van der Waals surface area (Å²) in [5.74, 6) is 1.96. The predicted molar refractivity (Wildman–Crippen MR) is 109 cm³/mol. The van der Waals surface area contributed by atoms with Crippen LogP contribution in [0.3, 0.4) is 0 Å². The Kier molecular flexibility index (Phi) is 6.49. The van der Waals surface area contributed by atoms with Crippen LogP contribution in [0.4, 0.5) is 0 Å². The largest absolute Gasteiger partial charge is 0.497 e. The van der Waals surface area contributed by atoms with Gasteiger partial charge in [-0.15, -0.1) is 0 Å². The van der Waals surface area contributed by atoms with Gasteiger partial charge in [-0.25, -0.2) is 0 Å². The van der Waals surface area contributed by atoms with Crippen LogP contribution in [0.15, 0.2) is 53.1 Å². The standard InChI is InChI=1S/C22H25N3O4/c1-5-19(28-18-8-6-7-17(13-18)27-4)22(26)25(3)14-20-23-21(24-29-20)16-11-9-15(2)10-12-16/h6-13,19H,5,14H2,1-4H3/t19-/m1/s1. The molecule has 0 saturated heterocycles. The smallest absolute Gasteiger partial charge is 0.263 e. The average Bonchev–Trinajstić information content (AvgIpc) is 3.20. The molecule has 0 bridgehead atoms. The van der Waals surface area contributed by atoms with Gasteiger partial charge in [0, 0.05) is 18.7 Å². The van der Waals surface area contributed by atoms with E-state index in [1.165, 1.54) is 4.90 Å². The second-order valence-electron chi connectivity index (χ2n) is 6.77. The number of benzene rings is 2. The van der Waals surface area contributed by atoms with Crippen LogP contribution in [0.5, 0.6) is 11.5 Å². The van der Waals surface area contributed by atoms with Crippen molar-refractivity contribution in [2.45, 2.75) is 32.9 Å². The van der Waals surface area contributed by atoms with Crippen molar-refractivity contribution in [3.8, 4) is 22.9 Å². The zero-order valence-corrected chi connectivity index (χ0v) is 17.1. The van der Waals surface area contributed by atoms with Gasteiger partial charge in [-0.2, -0.15) is 4.98 Å². The van der Waals surface area contributed by atoms with E-state index in [1.54, 1.807) is 26.3 Å². The predicted octanol–water partition coefficient (Wildman–Crippen LogP) is 3.87. The highest BCUT2D eigenvalue weighted by molar-refractivity contribution is 5.81. The number of likely N-dealkylation sites (N-methyl/N-ethyl adjacent to an activating group) is 1. The number of hydrogen-bond donors (Lipinski definition) is 0. The van der Waals surface area contributed by atoms with Gasteiger partial charge in [0.25, 0.3) is 5.91 Å². The summed E-state index contributed by atoms with van der Waals surface area (Å²) in [6, 6.07) is 15.0. The van der Waals surface area contributed by atoms with Crippen molar-refractivity contribution in [1.29, 1.82) is 0 Å². The number of aromatic nitrogens is 2. The van der Waals surface area contributed by atoms with Gasteiger partial charge in [0.15, 0.2) is 6.10 Å². The Morgan fingerprint density at radius 1 is 1.17 bits per heavy atom. The number of hydrogen-bond acceptors (Lipinski definition) is 6. The summed E-state index contributed by atoms with van der Waals surface area (Å²) in [6.07, 6.45) is -0.0923. The van der Waals surface area contributed by atoms with Gasteiger partial charge in [0.05, 0.1) is 13.7 Å². The Morgan fingerprint density at radius 2 is 1.90 bits per heavy atom. The van der Waals surface area contributed by atoms with Crippen LogP contribution in [0, 0.1) is 6.92 Å². The SMILES string of the molecule is CC[C@@H](Oc1cccc(OC)c1)C(=O)N(C)Cc1nc(-c2ccc(C)cc2)no1. The highest BCUT2D eigenvalue weighted by Gasteiger charge is 2.24. The monoisotopic (exact) mass is 395 g/mol. The van der Waals surface area contributed by atoms with E-state index in [0.717, 1.165) is 11.1 Å². The van der Waals surface area contributed by atoms with Crippen molar-refractivity contribution in [1.82, 2.24) is 15.0 Å². The van der Waals surface area contributed by atoms with E-state index in [-0.39, 0.29) is 12.5 Å². The van der Waals surface area contributed by atoms with Crippen LogP contribution in [0.1, 0.15) is 24.8 Å². The van der Waals surface area contributed by atoms with Gasteiger partial charge < -0.3 is 18.9 Å². The molecular weight excluding hydrogens is 370 g/mol. The molecule has 0 aliphatic carbocycles. The lowest BCUT2D eigenvalue weighted by Gasteiger charge is -2.22. The normalized spacial score (nSPS) is 11.7. The van der Waals surface area contributed by atoms with Crippen LogP contribution in [-0.2, 0) is 11.3 Å². The van der Waals surface area contributed by atoms with Gasteiger partial charge in [-0.05, 0) is 25.5 Å². The molecule has 0 aliphatic rings. The maximum Gasteiger partial charge on any atom is 0.263 e. The fraction of sp³-hybridized carbons (Fsp3) is 0.318. The molecule has 3 rings (SSSR count). The number of carbonyl (C=O) groups is 1. The zero-order chi connectivity index (χ0) is 20.8. The van der Waals surface area contributed by atoms with E-state index in [0.29, 0.717) is 29.6 Å². The average molecular weight is 395 g/mol. The molecule has 0 unspecified atom stereocenters. The van der Waals surface area contributed by atoms with Gasteiger partial charge >= 0.3 is 0 Å². The van der Waals surface area contributed by atoms with E-state index in [2.05, 4.69) is 10.1 Å². The lowest BCUT2D eigenvalue weighted by molar-refractivity contribution is -0.138. The summed E-state index contributed by atoms with van der Waals surface area (Å²) < 4.78 is 16.4. The Morgan fingerprint density at radius 3 is 2.59 bits per heavy atom. The first-order valence-electron chi connectivity index (χ1n) is 9.45. The van der Waals surface area contributed by atoms with E-state index in [4.69, 9.17) is 14.0 Å². The van der Waals surface area contributed by atoms with Crippen LogP contribution < -0.4 is 9.47 Å². The molecular formula is C22H25N3O4. The molecule has 0 radical (unpaired) electrons. The summed E-state index contributed by atoms with van der Waals surface area (Å²) >= 11 is 0. The zero-order valence-electron chi connectivity index (χ0n) is 17.1. The molecule has 29 heavy (non-hydrogen) atoms. The lowest BCUT2D eigenvalue weighted by Crippen LogP contribution is -2.39. The molecule has 7 heteroatoms. The molecule has 0 spiro atoms. The Balaban J connectivity index is 1.65. The number of ether oxygens (including phenoxy) is 2. The Bertz CT molecular complexity index is 953. The Hall–Kier alpha value is -3.35. The topological polar surface area (TPSA) is 77.7 Å². The molecule has 3 aromatic rings. The third-order valence-electron chi connectivity index (χ3n) is 4.49. The molecule has 0 N–H and O–H groups in total.